The van der Waals surface area contributed by atoms with Gasteiger partial charge in [0.25, 0.3) is 0 Å². The van der Waals surface area contributed by atoms with E-state index in [1.165, 1.54) is 18.2 Å². The van der Waals surface area contributed by atoms with E-state index in [1.807, 2.05) is 31.2 Å². The van der Waals surface area contributed by atoms with Gasteiger partial charge in [-0.05, 0) is 36.2 Å². The monoisotopic (exact) mass is 275 g/mol. The summed E-state index contributed by atoms with van der Waals surface area (Å²) < 4.78 is 13.2. The van der Waals surface area contributed by atoms with Crippen molar-refractivity contribution in [2.75, 3.05) is 0 Å². The molecule has 0 aliphatic rings. The first-order valence-electron chi connectivity index (χ1n) is 6.50. The lowest BCUT2D eigenvalue weighted by atomic mass is 10.1. The summed E-state index contributed by atoms with van der Waals surface area (Å²) in [5.74, 6) is -0.288. The predicted molar refractivity (Wildman–Crippen MR) is 75.7 cm³/mol. The van der Waals surface area contributed by atoms with E-state index >= 15 is 0 Å². The van der Waals surface area contributed by atoms with Crippen LogP contribution in [0, 0.1) is 5.82 Å². The molecule has 3 nitrogen and oxygen atoms in total. The fraction of sp³-hybridized carbons (Fsp3) is 0.250. The highest BCUT2D eigenvalue weighted by molar-refractivity contribution is 5.35. The third-order valence-corrected chi connectivity index (χ3v) is 3.24. The molecule has 0 amide bonds. The second-order valence-electron chi connectivity index (χ2n) is 4.78. The largest absolute Gasteiger partial charge is 0.508 e. The van der Waals surface area contributed by atoms with Crippen molar-refractivity contribution in [2.45, 2.75) is 26.1 Å². The number of nitrogens with one attached hydrogen (secondary N) is 1. The van der Waals surface area contributed by atoms with E-state index in [9.17, 15) is 9.50 Å². The van der Waals surface area contributed by atoms with Gasteiger partial charge < -0.3 is 15.5 Å². The minimum absolute atomic E-state index is 0.00801. The third-order valence-electron chi connectivity index (χ3n) is 3.24. The van der Waals surface area contributed by atoms with Gasteiger partial charge in [-0.15, -0.1) is 0 Å². The number of aromatic hydroxyl groups is 1. The number of halogens is 1. The van der Waals surface area contributed by atoms with Crippen LogP contribution in [0.25, 0.3) is 0 Å². The second-order valence-corrected chi connectivity index (χ2v) is 4.78. The number of phenols is 1. The second kappa shape index (κ2) is 6.50. The van der Waals surface area contributed by atoms with E-state index in [0.717, 1.165) is 11.1 Å². The van der Waals surface area contributed by atoms with E-state index in [2.05, 4.69) is 5.32 Å². The molecule has 2 aromatic carbocycles. The average Bonchev–Trinajstić information content (AvgIpc) is 2.47. The average molecular weight is 275 g/mol. The first-order chi connectivity index (χ1) is 9.60. The fourth-order valence-corrected chi connectivity index (χ4v) is 2.09. The number of hydrogen-bond donors (Lipinski definition) is 3. The third kappa shape index (κ3) is 3.56. The van der Waals surface area contributed by atoms with Crippen molar-refractivity contribution in [1.82, 2.24) is 5.32 Å². The van der Waals surface area contributed by atoms with Crippen molar-refractivity contribution in [3.8, 4) is 5.75 Å². The van der Waals surface area contributed by atoms with Crippen LogP contribution in [0.3, 0.4) is 0 Å². The molecule has 0 saturated heterocycles. The smallest absolute Gasteiger partial charge is 0.123 e. The van der Waals surface area contributed by atoms with E-state index < -0.39 is 0 Å². The van der Waals surface area contributed by atoms with E-state index in [0.29, 0.717) is 12.1 Å². The Morgan fingerprint density at radius 2 is 1.90 bits per heavy atom. The molecular formula is C16H18FNO2. The minimum Gasteiger partial charge on any atom is -0.508 e. The van der Waals surface area contributed by atoms with Crippen LogP contribution < -0.4 is 5.32 Å². The van der Waals surface area contributed by atoms with E-state index in [-0.39, 0.29) is 24.2 Å². The fourth-order valence-electron chi connectivity index (χ4n) is 2.09. The summed E-state index contributed by atoms with van der Waals surface area (Å²) in [5, 5.41) is 22.1. The van der Waals surface area contributed by atoms with E-state index in [1.54, 1.807) is 0 Å². The van der Waals surface area contributed by atoms with Crippen LogP contribution in [-0.2, 0) is 13.2 Å². The number of rotatable bonds is 5. The highest BCUT2D eigenvalue weighted by atomic mass is 19.1. The molecule has 1 unspecified atom stereocenters. The molecule has 0 aliphatic heterocycles. The van der Waals surface area contributed by atoms with Crippen LogP contribution in [0.2, 0.25) is 0 Å². The van der Waals surface area contributed by atoms with Crippen LogP contribution >= 0.6 is 0 Å². The molecule has 4 heteroatoms. The summed E-state index contributed by atoms with van der Waals surface area (Å²) in [5.41, 5.74) is 2.41. The molecule has 2 aromatic rings. The molecule has 2 rings (SSSR count). The van der Waals surface area contributed by atoms with Gasteiger partial charge in [-0.3, -0.25) is 0 Å². The van der Waals surface area contributed by atoms with Crippen molar-refractivity contribution in [2.24, 2.45) is 0 Å². The number of phenolic OH excluding ortho intramolecular Hbond substituents is 1. The van der Waals surface area contributed by atoms with Crippen LogP contribution in [0.1, 0.15) is 29.7 Å². The Kier molecular flexibility index (Phi) is 4.71. The lowest BCUT2D eigenvalue weighted by Gasteiger charge is -2.16. The highest BCUT2D eigenvalue weighted by Gasteiger charge is 2.11. The van der Waals surface area contributed by atoms with Crippen molar-refractivity contribution in [3.05, 3.63) is 65.0 Å². The Hall–Kier alpha value is -1.91. The number of aliphatic hydroxyl groups is 1. The van der Waals surface area contributed by atoms with Crippen LogP contribution in [0.5, 0.6) is 5.75 Å². The maximum atomic E-state index is 13.2. The van der Waals surface area contributed by atoms with Crippen molar-refractivity contribution in [1.29, 1.82) is 0 Å². The molecule has 3 N–H and O–H groups in total. The molecule has 0 radical (unpaired) electrons. The van der Waals surface area contributed by atoms with Gasteiger partial charge in [-0.25, -0.2) is 4.39 Å². The first kappa shape index (κ1) is 14.5. The zero-order valence-electron chi connectivity index (χ0n) is 11.3. The van der Waals surface area contributed by atoms with Gasteiger partial charge >= 0.3 is 0 Å². The quantitative estimate of drug-likeness (QED) is 0.786. The lowest BCUT2D eigenvalue weighted by molar-refractivity contribution is 0.281. The zero-order chi connectivity index (χ0) is 14.5. The topological polar surface area (TPSA) is 52.5 Å². The summed E-state index contributed by atoms with van der Waals surface area (Å²) in [6.07, 6.45) is 0. The Balaban J connectivity index is 2.04. The molecule has 20 heavy (non-hydrogen) atoms. The molecule has 0 heterocycles. The molecule has 106 valence electrons. The normalized spacial score (nSPS) is 12.3. The van der Waals surface area contributed by atoms with Gasteiger partial charge in [0.1, 0.15) is 11.6 Å². The van der Waals surface area contributed by atoms with Gasteiger partial charge in [0, 0.05) is 18.2 Å². The maximum absolute atomic E-state index is 13.2. The van der Waals surface area contributed by atoms with Gasteiger partial charge in [-0.2, -0.15) is 0 Å². The standard InChI is InChI=1S/C16H18FNO2/c1-11(15-8-14(17)5-6-16(15)20)18-9-12-3-2-4-13(7-12)10-19/h2-8,11,18-20H,9-10H2,1H3. The van der Waals surface area contributed by atoms with E-state index in [4.69, 9.17) is 5.11 Å². The molecule has 0 fully saturated rings. The van der Waals surface area contributed by atoms with Gasteiger partial charge in [0.2, 0.25) is 0 Å². The van der Waals surface area contributed by atoms with Crippen LogP contribution in [0.15, 0.2) is 42.5 Å². The maximum Gasteiger partial charge on any atom is 0.123 e. The first-order valence-corrected chi connectivity index (χ1v) is 6.50. The van der Waals surface area contributed by atoms with Gasteiger partial charge in [0.15, 0.2) is 0 Å². The Bertz CT molecular complexity index is 586. The zero-order valence-corrected chi connectivity index (χ0v) is 11.3. The highest BCUT2D eigenvalue weighted by Crippen LogP contribution is 2.24. The molecule has 0 spiro atoms. The molecule has 0 aromatic heterocycles. The van der Waals surface area contributed by atoms with Gasteiger partial charge in [0.05, 0.1) is 6.61 Å². The SMILES string of the molecule is CC(NCc1cccc(CO)c1)c1cc(F)ccc1O. The Labute approximate surface area is 117 Å². The lowest BCUT2D eigenvalue weighted by Crippen LogP contribution is -2.18. The molecule has 1 atom stereocenters. The van der Waals surface area contributed by atoms with Crippen molar-refractivity contribution in [3.63, 3.8) is 0 Å². The molecule has 0 bridgehead atoms. The van der Waals surface area contributed by atoms with Crippen molar-refractivity contribution < 1.29 is 14.6 Å². The Morgan fingerprint density at radius 3 is 2.65 bits per heavy atom. The summed E-state index contributed by atoms with van der Waals surface area (Å²) in [4.78, 5) is 0. The summed E-state index contributed by atoms with van der Waals surface area (Å²) in [6.45, 7) is 2.45. The summed E-state index contributed by atoms with van der Waals surface area (Å²) in [6, 6.07) is 11.3. The minimum atomic E-state index is -0.367. The summed E-state index contributed by atoms with van der Waals surface area (Å²) in [7, 11) is 0. The van der Waals surface area contributed by atoms with Gasteiger partial charge in [-0.1, -0.05) is 24.3 Å². The predicted octanol–water partition coefficient (Wildman–Crippen LogP) is 2.87. The summed E-state index contributed by atoms with van der Waals surface area (Å²) >= 11 is 0. The number of hydrogen-bond acceptors (Lipinski definition) is 3. The Morgan fingerprint density at radius 1 is 1.15 bits per heavy atom. The number of aliphatic hydroxyl groups excluding tert-OH is 1. The van der Waals surface area contributed by atoms with Crippen molar-refractivity contribution >= 4 is 0 Å². The van der Waals surface area contributed by atoms with Crippen LogP contribution in [-0.4, -0.2) is 10.2 Å². The molecule has 0 aliphatic carbocycles. The van der Waals surface area contributed by atoms with Crippen LogP contribution in [0.4, 0.5) is 4.39 Å². The molecular weight excluding hydrogens is 257 g/mol. The number of benzene rings is 2. The molecule has 0 saturated carbocycles.